The molecule has 1 aliphatic carbocycles. The number of aromatic hydroxyl groups is 1. The van der Waals surface area contributed by atoms with E-state index in [0.29, 0.717) is 52.6 Å². The first-order chi connectivity index (χ1) is 21.2. The molecule has 2 aliphatic heterocycles. The number of hydrogen-bond acceptors (Lipinski definition) is 8. The maximum absolute atomic E-state index is 16.7. The van der Waals surface area contributed by atoms with Crippen molar-refractivity contribution in [1.29, 1.82) is 0 Å². The van der Waals surface area contributed by atoms with Gasteiger partial charge in [0, 0.05) is 47.8 Å². The van der Waals surface area contributed by atoms with Crippen LogP contribution < -0.4 is 10.1 Å². The third kappa shape index (κ3) is 4.70. The molecule has 0 radical (unpaired) electrons. The number of fused-ring (bicyclic) bond motifs is 3. The van der Waals surface area contributed by atoms with Gasteiger partial charge in [-0.3, -0.25) is 9.88 Å². The van der Waals surface area contributed by atoms with E-state index >= 15 is 4.39 Å². The zero-order chi connectivity index (χ0) is 30.6. The minimum absolute atomic E-state index is 0.0112. The number of hydrogen-bond donors (Lipinski definition) is 2. The molecule has 1 saturated carbocycles. The fraction of sp³-hybridized carbons (Fsp3) is 0.441. The molecule has 2 saturated heterocycles. The monoisotopic (exact) mass is 598 g/mol. The second kappa shape index (κ2) is 10.8. The summed E-state index contributed by atoms with van der Waals surface area (Å²) in [5.41, 5.74) is 0.549. The van der Waals surface area contributed by atoms with Crippen LogP contribution in [0.25, 0.3) is 32.9 Å². The van der Waals surface area contributed by atoms with Gasteiger partial charge in [0.15, 0.2) is 5.82 Å². The number of aromatic nitrogens is 3. The lowest BCUT2D eigenvalue weighted by Crippen LogP contribution is -2.54. The number of anilines is 1. The smallest absolute Gasteiger partial charge is 0.319 e. The zero-order valence-corrected chi connectivity index (χ0v) is 25.0. The van der Waals surface area contributed by atoms with Gasteiger partial charge in [-0.05, 0) is 76.3 Å². The normalized spacial score (nSPS) is 22.7. The maximum atomic E-state index is 16.7. The van der Waals surface area contributed by atoms with E-state index in [-0.39, 0.29) is 35.1 Å². The number of terminal acetylenes is 1. The van der Waals surface area contributed by atoms with Gasteiger partial charge in [-0.1, -0.05) is 18.1 Å². The highest BCUT2D eigenvalue weighted by Crippen LogP contribution is 2.42. The number of rotatable bonds is 8. The number of benzene rings is 2. The van der Waals surface area contributed by atoms with E-state index in [2.05, 4.69) is 45.1 Å². The Morgan fingerprint density at radius 3 is 2.80 bits per heavy atom. The number of pyridine rings is 1. The lowest BCUT2D eigenvalue weighted by Gasteiger charge is -2.47. The third-order valence-electron chi connectivity index (χ3n) is 10.1. The molecule has 0 amide bonds. The van der Waals surface area contributed by atoms with Crippen LogP contribution in [0.2, 0.25) is 0 Å². The van der Waals surface area contributed by atoms with Crippen molar-refractivity contribution in [2.75, 3.05) is 45.7 Å². The molecule has 7 rings (SSSR count). The van der Waals surface area contributed by atoms with Gasteiger partial charge < -0.3 is 20.1 Å². The summed E-state index contributed by atoms with van der Waals surface area (Å²) in [5.74, 6) is 2.39. The molecule has 2 N–H and O–H groups in total. The molecule has 228 valence electrons. The quantitative estimate of drug-likeness (QED) is 0.257. The van der Waals surface area contributed by atoms with E-state index in [1.807, 2.05) is 6.07 Å². The van der Waals surface area contributed by atoms with E-state index in [9.17, 15) is 9.50 Å². The fourth-order valence-electron chi connectivity index (χ4n) is 7.41. The third-order valence-corrected chi connectivity index (χ3v) is 10.1. The molecule has 8 nitrogen and oxygen atoms in total. The summed E-state index contributed by atoms with van der Waals surface area (Å²) in [6, 6.07) is 8.46. The molecule has 2 atom stereocenters. The molecule has 2 aromatic heterocycles. The van der Waals surface area contributed by atoms with E-state index in [4.69, 9.17) is 16.1 Å². The molecular weight excluding hydrogens is 562 g/mol. The highest BCUT2D eigenvalue weighted by Gasteiger charge is 2.49. The number of nitrogens with zero attached hydrogens (tertiary/aromatic N) is 5. The average molecular weight is 599 g/mol. The van der Waals surface area contributed by atoms with Crippen LogP contribution in [-0.2, 0) is 0 Å². The van der Waals surface area contributed by atoms with Gasteiger partial charge in [-0.2, -0.15) is 9.97 Å². The number of likely N-dealkylation sites (N-methyl/N-ethyl adjacent to an activating group) is 1. The van der Waals surface area contributed by atoms with Gasteiger partial charge in [0.25, 0.3) is 0 Å². The molecule has 44 heavy (non-hydrogen) atoms. The van der Waals surface area contributed by atoms with E-state index in [1.54, 1.807) is 24.4 Å². The molecule has 0 spiro atoms. The van der Waals surface area contributed by atoms with Crippen LogP contribution in [-0.4, -0.2) is 87.4 Å². The number of alkyl halides is 1. The summed E-state index contributed by atoms with van der Waals surface area (Å²) in [7, 11) is 4.13. The SMILES string of the molecule is C#Cc1cccc2cc(O)cc(-c3ncc4c(NCC5(N(C)C)CCC5)nc(OC[C@@]56CCCN5C[C@H](F)C6)nc4c3F)c12. The van der Waals surface area contributed by atoms with Crippen LogP contribution in [0, 0.1) is 18.2 Å². The zero-order valence-electron chi connectivity index (χ0n) is 25.0. The van der Waals surface area contributed by atoms with Crippen LogP contribution in [0.4, 0.5) is 14.6 Å². The first kappa shape index (κ1) is 28.7. The van der Waals surface area contributed by atoms with Crippen molar-refractivity contribution in [3.63, 3.8) is 0 Å². The average Bonchev–Trinajstić information content (AvgIpc) is 3.50. The topological polar surface area (TPSA) is 86.6 Å². The van der Waals surface area contributed by atoms with Crippen molar-refractivity contribution in [2.24, 2.45) is 0 Å². The Hall–Kier alpha value is -4.07. The number of ether oxygens (including phenoxy) is 1. The molecule has 10 heteroatoms. The minimum atomic E-state index is -0.894. The molecule has 4 heterocycles. The number of halogens is 2. The van der Waals surface area contributed by atoms with Gasteiger partial charge in [0.05, 0.1) is 10.9 Å². The summed E-state index contributed by atoms with van der Waals surface area (Å²) in [4.78, 5) is 18.2. The van der Waals surface area contributed by atoms with Crippen LogP contribution in [0.1, 0.15) is 44.1 Å². The van der Waals surface area contributed by atoms with Gasteiger partial charge in [-0.25, -0.2) is 8.78 Å². The largest absolute Gasteiger partial charge is 0.508 e. The summed E-state index contributed by atoms with van der Waals surface area (Å²) in [5, 5.41) is 15.7. The van der Waals surface area contributed by atoms with Crippen LogP contribution >= 0.6 is 0 Å². The summed E-state index contributed by atoms with van der Waals surface area (Å²) in [6.45, 7) is 2.08. The number of phenolic OH excluding ortho intramolecular Hbond substituents is 1. The lowest BCUT2D eigenvalue weighted by molar-refractivity contribution is 0.0738. The Kier molecular flexibility index (Phi) is 7.06. The summed E-state index contributed by atoms with van der Waals surface area (Å²) < 4.78 is 37.3. The van der Waals surface area contributed by atoms with E-state index < -0.39 is 17.5 Å². The highest BCUT2D eigenvalue weighted by molar-refractivity contribution is 6.02. The van der Waals surface area contributed by atoms with Gasteiger partial charge in [-0.15, -0.1) is 6.42 Å². The van der Waals surface area contributed by atoms with E-state index in [0.717, 1.165) is 38.6 Å². The van der Waals surface area contributed by atoms with Crippen molar-refractivity contribution in [3.05, 3.63) is 47.9 Å². The van der Waals surface area contributed by atoms with Crippen LogP contribution in [0.5, 0.6) is 11.8 Å². The standard InChI is InChI=1S/C34H36F2N6O2/c1-4-21-8-5-9-22-14-24(43)15-25(27(21)22)29-28(36)30-26(17-37-29)31(38-19-33(41(2)3)10-6-11-33)40-32(39-30)44-20-34-12-7-13-42(34)18-23(35)16-34/h1,5,8-9,14-15,17,23,43H,6-7,10-13,16,18-20H2,2-3H3,(H,38,39,40)/t23-,34+/m1/s1. The Bertz CT molecular complexity index is 1800. The van der Waals surface area contributed by atoms with Crippen molar-refractivity contribution in [2.45, 2.75) is 55.8 Å². The van der Waals surface area contributed by atoms with Gasteiger partial charge in [0.2, 0.25) is 0 Å². The fourth-order valence-corrected chi connectivity index (χ4v) is 7.41. The number of nitrogens with one attached hydrogen (secondary N) is 1. The van der Waals surface area contributed by atoms with Crippen molar-refractivity contribution >= 4 is 27.5 Å². The Balaban J connectivity index is 1.33. The first-order valence-electron chi connectivity index (χ1n) is 15.2. The predicted molar refractivity (Wildman–Crippen MR) is 167 cm³/mol. The molecule has 4 aromatic rings. The second-order valence-electron chi connectivity index (χ2n) is 12.8. The maximum Gasteiger partial charge on any atom is 0.319 e. The summed E-state index contributed by atoms with van der Waals surface area (Å²) >= 11 is 0. The second-order valence-corrected chi connectivity index (χ2v) is 12.8. The highest BCUT2D eigenvalue weighted by atomic mass is 19.1. The van der Waals surface area contributed by atoms with Crippen molar-refractivity contribution in [3.8, 4) is 35.4 Å². The Morgan fingerprint density at radius 1 is 1.20 bits per heavy atom. The summed E-state index contributed by atoms with van der Waals surface area (Å²) in [6.07, 6.45) is 11.9. The van der Waals surface area contributed by atoms with Crippen molar-refractivity contribution in [1.82, 2.24) is 24.8 Å². The Labute approximate surface area is 255 Å². The van der Waals surface area contributed by atoms with Gasteiger partial charge in [0.1, 0.15) is 35.6 Å². The minimum Gasteiger partial charge on any atom is -0.508 e. The van der Waals surface area contributed by atoms with Crippen LogP contribution in [0.15, 0.2) is 36.5 Å². The van der Waals surface area contributed by atoms with Gasteiger partial charge >= 0.3 is 6.01 Å². The molecule has 2 aromatic carbocycles. The molecule has 3 fully saturated rings. The lowest BCUT2D eigenvalue weighted by atomic mass is 9.75. The van der Waals surface area contributed by atoms with Crippen molar-refractivity contribution < 1.29 is 18.6 Å². The Morgan fingerprint density at radius 2 is 2.05 bits per heavy atom. The van der Waals surface area contributed by atoms with Crippen LogP contribution in [0.3, 0.4) is 0 Å². The van der Waals surface area contributed by atoms with E-state index in [1.165, 1.54) is 6.07 Å². The number of phenols is 1. The first-order valence-corrected chi connectivity index (χ1v) is 15.2. The molecular formula is C34H36F2N6O2. The molecule has 0 unspecified atom stereocenters. The molecule has 0 bridgehead atoms. The molecule has 3 aliphatic rings. The predicted octanol–water partition coefficient (Wildman–Crippen LogP) is 5.52.